The van der Waals surface area contributed by atoms with Crippen molar-refractivity contribution in [2.45, 2.75) is 18.0 Å². The summed E-state index contributed by atoms with van der Waals surface area (Å²) in [4.78, 5) is 13.0. The monoisotopic (exact) mass is 407 g/mol. The van der Waals surface area contributed by atoms with Crippen molar-refractivity contribution in [2.24, 2.45) is 0 Å². The van der Waals surface area contributed by atoms with Crippen LogP contribution in [0.15, 0.2) is 39.6 Å². The number of sulfone groups is 1. The van der Waals surface area contributed by atoms with Crippen LogP contribution in [-0.2, 0) is 16.4 Å². The second kappa shape index (κ2) is 6.50. The summed E-state index contributed by atoms with van der Waals surface area (Å²) in [5.74, 6) is 0.959. The van der Waals surface area contributed by atoms with Crippen LogP contribution in [-0.4, -0.2) is 36.2 Å². The Morgan fingerprint density at radius 1 is 1.15 bits per heavy atom. The lowest BCUT2D eigenvalue weighted by atomic mass is 10.1. The zero-order valence-electron chi connectivity index (χ0n) is 14.2. The van der Waals surface area contributed by atoms with E-state index in [9.17, 15) is 13.2 Å². The van der Waals surface area contributed by atoms with Crippen molar-refractivity contribution in [2.75, 3.05) is 13.0 Å². The Balaban J connectivity index is 2.11. The predicted molar refractivity (Wildman–Crippen MR) is 100 cm³/mol. The van der Waals surface area contributed by atoms with E-state index in [1.165, 1.54) is 16.2 Å². The molecule has 0 N–H and O–H groups in total. The van der Waals surface area contributed by atoms with Gasteiger partial charge < -0.3 is 9.47 Å². The van der Waals surface area contributed by atoms with Crippen molar-refractivity contribution in [1.82, 2.24) is 14.8 Å². The lowest BCUT2D eigenvalue weighted by Crippen LogP contribution is -2.22. The number of allylic oxidation sites excluding steroid dienone is 1. The zero-order valence-corrected chi connectivity index (χ0v) is 15.7. The Hall–Kier alpha value is -2.65. The van der Waals surface area contributed by atoms with Crippen molar-refractivity contribution in [3.8, 4) is 11.5 Å². The second-order valence-corrected chi connectivity index (χ2v) is 8.26. The quantitative estimate of drug-likeness (QED) is 0.611. The molecule has 1 aromatic carbocycles. The molecule has 0 bridgehead atoms. The number of ether oxygens (including phenoxy) is 2. The van der Waals surface area contributed by atoms with E-state index in [1.54, 1.807) is 18.2 Å². The normalized spacial score (nSPS) is 13.9. The van der Waals surface area contributed by atoms with E-state index in [0.29, 0.717) is 46.3 Å². The molecule has 0 saturated carbocycles. The highest BCUT2D eigenvalue weighted by molar-refractivity contribution is 7.90. The third-order valence-corrected chi connectivity index (χ3v) is 5.41. The number of benzene rings is 1. The van der Waals surface area contributed by atoms with Crippen molar-refractivity contribution < 1.29 is 17.9 Å². The highest BCUT2D eigenvalue weighted by Crippen LogP contribution is 2.37. The molecule has 0 unspecified atom stereocenters. The summed E-state index contributed by atoms with van der Waals surface area (Å²) in [5.41, 5.74) is 1.39. The fraction of sp³-hybridized carbons (Fsp3) is 0.235. The Bertz CT molecular complexity index is 1270. The summed E-state index contributed by atoms with van der Waals surface area (Å²) >= 11 is 5.56. The summed E-state index contributed by atoms with van der Waals surface area (Å²) in [6.07, 6.45) is 3.27. The van der Waals surface area contributed by atoms with Gasteiger partial charge in [-0.25, -0.2) is 8.42 Å². The minimum Gasteiger partial charge on any atom is -0.454 e. The largest absolute Gasteiger partial charge is 0.454 e. The summed E-state index contributed by atoms with van der Waals surface area (Å²) in [7, 11) is -3.56. The first kappa shape index (κ1) is 17.7. The molecule has 0 amide bonds. The summed E-state index contributed by atoms with van der Waals surface area (Å²) in [5, 5.41) is 9.07. The van der Waals surface area contributed by atoms with E-state index in [2.05, 4.69) is 10.2 Å². The molecule has 3 heterocycles. The molecule has 1 aliphatic heterocycles. The van der Waals surface area contributed by atoms with E-state index >= 15 is 0 Å². The molecule has 8 nitrogen and oxygen atoms in total. The molecule has 1 aliphatic rings. The van der Waals surface area contributed by atoms with Crippen LogP contribution >= 0.6 is 11.6 Å². The maximum absolute atomic E-state index is 13.0. The first-order chi connectivity index (χ1) is 12.9. The van der Waals surface area contributed by atoms with Gasteiger partial charge in [-0.1, -0.05) is 17.7 Å². The summed E-state index contributed by atoms with van der Waals surface area (Å²) in [6, 6.07) is 4.70. The van der Waals surface area contributed by atoms with Gasteiger partial charge in [0.15, 0.2) is 32.0 Å². The van der Waals surface area contributed by atoms with E-state index < -0.39 is 9.84 Å². The molecule has 2 aromatic heterocycles. The predicted octanol–water partition coefficient (Wildman–Crippen LogP) is 2.22. The Morgan fingerprint density at radius 2 is 1.85 bits per heavy atom. The molecule has 0 saturated heterocycles. The third-order valence-electron chi connectivity index (χ3n) is 4.27. The Labute approximate surface area is 158 Å². The van der Waals surface area contributed by atoms with Gasteiger partial charge in [0.2, 0.25) is 6.79 Å². The van der Waals surface area contributed by atoms with Gasteiger partial charge in [-0.15, -0.1) is 10.2 Å². The fourth-order valence-corrected chi connectivity index (χ4v) is 3.65. The van der Waals surface area contributed by atoms with Gasteiger partial charge in [0.1, 0.15) is 0 Å². The number of fused-ring (bicyclic) bond motifs is 4. The number of aromatic nitrogens is 3. The van der Waals surface area contributed by atoms with Crippen molar-refractivity contribution in [3.63, 3.8) is 0 Å². The van der Waals surface area contributed by atoms with Crippen LogP contribution in [0.4, 0.5) is 0 Å². The smallest absolute Gasteiger partial charge is 0.260 e. The van der Waals surface area contributed by atoms with Gasteiger partial charge >= 0.3 is 0 Å². The molecular formula is C17H14ClN3O5S. The van der Waals surface area contributed by atoms with Crippen molar-refractivity contribution in [1.29, 1.82) is 0 Å². The molecule has 10 heteroatoms. The van der Waals surface area contributed by atoms with Gasteiger partial charge in [-0.05, 0) is 24.6 Å². The average molecular weight is 408 g/mol. The van der Waals surface area contributed by atoms with Crippen LogP contribution in [0.3, 0.4) is 0 Å². The number of nitrogens with zero attached hydrogens (tertiary/aromatic N) is 3. The third kappa shape index (κ3) is 3.02. The van der Waals surface area contributed by atoms with Crippen LogP contribution in [0.25, 0.3) is 21.8 Å². The van der Waals surface area contributed by atoms with Crippen LogP contribution in [0.2, 0.25) is 0 Å². The molecule has 0 aliphatic carbocycles. The van der Waals surface area contributed by atoms with Crippen LogP contribution in [0, 0.1) is 0 Å². The van der Waals surface area contributed by atoms with E-state index in [0.717, 1.165) is 6.26 Å². The van der Waals surface area contributed by atoms with E-state index in [-0.39, 0.29) is 17.4 Å². The first-order valence-electron chi connectivity index (χ1n) is 7.99. The molecule has 0 fully saturated rings. The molecule has 4 rings (SSSR count). The van der Waals surface area contributed by atoms with Crippen molar-refractivity contribution >= 4 is 43.2 Å². The van der Waals surface area contributed by atoms with Gasteiger partial charge in [0, 0.05) is 29.1 Å². The van der Waals surface area contributed by atoms with Crippen LogP contribution in [0.1, 0.15) is 6.42 Å². The lowest BCUT2D eigenvalue weighted by molar-refractivity contribution is 0.174. The highest BCUT2D eigenvalue weighted by atomic mass is 35.5. The van der Waals surface area contributed by atoms with Crippen LogP contribution < -0.4 is 15.0 Å². The van der Waals surface area contributed by atoms with E-state index in [1.807, 2.05) is 0 Å². The van der Waals surface area contributed by atoms with Crippen molar-refractivity contribution in [3.05, 3.63) is 40.2 Å². The number of pyridine rings is 1. The minimum atomic E-state index is -3.56. The molecular weight excluding hydrogens is 394 g/mol. The fourth-order valence-electron chi connectivity index (χ4n) is 3.00. The molecule has 0 atom stereocenters. The first-order valence-corrected chi connectivity index (χ1v) is 10.3. The Kier molecular flexibility index (Phi) is 4.27. The number of rotatable bonds is 4. The molecule has 3 aromatic rings. The number of aryl methyl sites for hydroxylation is 1. The zero-order chi connectivity index (χ0) is 19.2. The number of halogens is 1. The standard InChI is InChI=1S/C17H14ClN3O5S/c1-27(23,24)15-8-11-10-6-13-14(26-9-25-13)7-12(10)17(22)21(5-3-2-4-18)16(11)20-19-15/h2,4,6-8H,3,5,9H2,1H3/b4-2+. The maximum Gasteiger partial charge on any atom is 0.260 e. The van der Waals surface area contributed by atoms with E-state index in [4.69, 9.17) is 21.1 Å². The van der Waals surface area contributed by atoms with Gasteiger partial charge in [-0.2, -0.15) is 0 Å². The molecule has 0 radical (unpaired) electrons. The Morgan fingerprint density at radius 3 is 2.52 bits per heavy atom. The second-order valence-electron chi connectivity index (χ2n) is 6.05. The van der Waals surface area contributed by atoms with Gasteiger partial charge in [0.25, 0.3) is 5.56 Å². The topological polar surface area (TPSA) is 100 Å². The number of hydrogen-bond donors (Lipinski definition) is 0. The number of hydrogen-bond acceptors (Lipinski definition) is 7. The molecule has 27 heavy (non-hydrogen) atoms. The summed E-state index contributed by atoms with van der Waals surface area (Å²) < 4.78 is 36.1. The van der Waals surface area contributed by atoms with Gasteiger partial charge in [-0.3, -0.25) is 9.36 Å². The summed E-state index contributed by atoms with van der Waals surface area (Å²) in [6.45, 7) is 0.378. The highest BCUT2D eigenvalue weighted by Gasteiger charge is 2.21. The van der Waals surface area contributed by atoms with Gasteiger partial charge in [0.05, 0.1) is 5.39 Å². The average Bonchev–Trinajstić information content (AvgIpc) is 3.09. The lowest BCUT2D eigenvalue weighted by Gasteiger charge is -2.12. The van der Waals surface area contributed by atoms with Crippen LogP contribution in [0.5, 0.6) is 11.5 Å². The molecule has 0 spiro atoms. The maximum atomic E-state index is 13.0. The molecule has 140 valence electrons. The minimum absolute atomic E-state index is 0.0622. The SMILES string of the molecule is CS(=O)(=O)c1cc2c3cc4c(cc3c(=O)n(CC/C=C/Cl)c2nn1)OCO4.